The predicted molar refractivity (Wildman–Crippen MR) is 76.4 cm³/mol. The molecule has 0 saturated heterocycles. The Kier molecular flexibility index (Phi) is 6.53. The third-order valence-electron chi connectivity index (χ3n) is 3.80. The van der Waals surface area contributed by atoms with Crippen LogP contribution in [0.5, 0.6) is 0 Å². The largest absolute Gasteiger partial charge is 0.340 e. The molecule has 0 atom stereocenters. The maximum atomic E-state index is 12.5. The van der Waals surface area contributed by atoms with Gasteiger partial charge in [-0.25, -0.2) is 0 Å². The highest BCUT2D eigenvalue weighted by molar-refractivity contribution is 9.09. The standard InChI is InChI=1S/C14H26BrNO/c1-11(2)16(10-4-9-15)14(17)13-7-5-12(3)6-8-13/h11-13H,4-10H2,1-3H3. The molecule has 1 aliphatic carbocycles. The number of carbonyl (C=O) groups is 1. The molecule has 0 aromatic heterocycles. The summed E-state index contributed by atoms with van der Waals surface area (Å²) in [6.07, 6.45) is 5.68. The minimum Gasteiger partial charge on any atom is -0.340 e. The lowest BCUT2D eigenvalue weighted by atomic mass is 9.82. The molecule has 1 rings (SSSR count). The maximum absolute atomic E-state index is 12.5. The molecule has 0 N–H and O–H groups in total. The molecule has 0 aromatic rings. The van der Waals surface area contributed by atoms with E-state index in [-0.39, 0.29) is 0 Å². The first-order valence-electron chi connectivity index (χ1n) is 6.92. The molecule has 0 heterocycles. The van der Waals surface area contributed by atoms with Crippen LogP contribution in [0.25, 0.3) is 0 Å². The molecular weight excluding hydrogens is 278 g/mol. The molecule has 0 aromatic carbocycles. The van der Waals surface area contributed by atoms with E-state index in [1.807, 2.05) is 0 Å². The molecular formula is C14H26BrNO. The highest BCUT2D eigenvalue weighted by atomic mass is 79.9. The highest BCUT2D eigenvalue weighted by Crippen LogP contribution is 2.30. The summed E-state index contributed by atoms with van der Waals surface area (Å²) in [5.74, 6) is 1.51. The van der Waals surface area contributed by atoms with E-state index in [1.54, 1.807) is 0 Å². The van der Waals surface area contributed by atoms with Gasteiger partial charge >= 0.3 is 0 Å². The molecule has 3 heteroatoms. The van der Waals surface area contributed by atoms with Crippen LogP contribution in [0.3, 0.4) is 0 Å². The van der Waals surface area contributed by atoms with Gasteiger partial charge in [-0.1, -0.05) is 22.9 Å². The van der Waals surface area contributed by atoms with Crippen molar-refractivity contribution in [2.24, 2.45) is 11.8 Å². The Bertz CT molecular complexity index is 234. The molecule has 0 radical (unpaired) electrons. The Morgan fingerprint density at radius 3 is 2.35 bits per heavy atom. The zero-order valence-electron chi connectivity index (χ0n) is 11.4. The number of alkyl halides is 1. The van der Waals surface area contributed by atoms with Gasteiger partial charge in [0.15, 0.2) is 0 Å². The number of hydrogen-bond acceptors (Lipinski definition) is 1. The van der Waals surface area contributed by atoms with Crippen molar-refractivity contribution in [3.8, 4) is 0 Å². The van der Waals surface area contributed by atoms with Crippen molar-refractivity contribution in [1.82, 2.24) is 4.90 Å². The number of amides is 1. The van der Waals surface area contributed by atoms with Crippen LogP contribution in [0.1, 0.15) is 52.9 Å². The first kappa shape index (κ1) is 15.0. The number of hydrogen-bond donors (Lipinski definition) is 0. The second kappa shape index (κ2) is 7.40. The number of carbonyl (C=O) groups excluding carboxylic acids is 1. The Morgan fingerprint density at radius 1 is 1.29 bits per heavy atom. The molecule has 2 nitrogen and oxygen atoms in total. The summed E-state index contributed by atoms with van der Waals surface area (Å²) >= 11 is 3.44. The van der Waals surface area contributed by atoms with Crippen molar-refractivity contribution >= 4 is 21.8 Å². The van der Waals surface area contributed by atoms with Gasteiger partial charge in [0.25, 0.3) is 0 Å². The number of rotatable bonds is 5. The fourth-order valence-corrected chi connectivity index (χ4v) is 2.85. The van der Waals surface area contributed by atoms with E-state index in [0.29, 0.717) is 17.9 Å². The summed E-state index contributed by atoms with van der Waals surface area (Å²) in [6.45, 7) is 7.44. The molecule has 1 amide bonds. The zero-order chi connectivity index (χ0) is 12.8. The van der Waals surface area contributed by atoms with E-state index in [0.717, 1.165) is 37.1 Å². The molecule has 0 spiro atoms. The van der Waals surface area contributed by atoms with Gasteiger partial charge in [-0.15, -0.1) is 0 Å². The first-order valence-corrected chi connectivity index (χ1v) is 8.04. The van der Waals surface area contributed by atoms with Gasteiger partial charge in [-0.3, -0.25) is 4.79 Å². The first-order chi connectivity index (χ1) is 8.06. The summed E-state index contributed by atoms with van der Waals surface area (Å²) in [6, 6.07) is 0.334. The van der Waals surface area contributed by atoms with E-state index in [9.17, 15) is 4.79 Å². The SMILES string of the molecule is CC1CCC(C(=O)N(CCCBr)C(C)C)CC1. The summed E-state index contributed by atoms with van der Waals surface area (Å²) in [4.78, 5) is 14.5. The average molecular weight is 304 g/mol. The van der Waals surface area contributed by atoms with Crippen molar-refractivity contribution in [3.05, 3.63) is 0 Å². The lowest BCUT2D eigenvalue weighted by Gasteiger charge is -2.33. The second-order valence-electron chi connectivity index (χ2n) is 5.62. The fourth-order valence-electron chi connectivity index (χ4n) is 2.59. The van der Waals surface area contributed by atoms with Crippen molar-refractivity contribution in [2.45, 2.75) is 58.9 Å². The minimum atomic E-state index is 0.295. The van der Waals surface area contributed by atoms with E-state index in [4.69, 9.17) is 0 Å². The van der Waals surface area contributed by atoms with Crippen LogP contribution in [0.15, 0.2) is 0 Å². The summed E-state index contributed by atoms with van der Waals surface area (Å²) in [5.41, 5.74) is 0. The van der Waals surface area contributed by atoms with E-state index in [1.165, 1.54) is 12.8 Å². The average Bonchev–Trinajstić information content (AvgIpc) is 2.29. The van der Waals surface area contributed by atoms with E-state index in [2.05, 4.69) is 41.6 Å². The van der Waals surface area contributed by atoms with Crippen LogP contribution in [0.4, 0.5) is 0 Å². The van der Waals surface area contributed by atoms with Crippen molar-refractivity contribution < 1.29 is 4.79 Å². The van der Waals surface area contributed by atoms with E-state index >= 15 is 0 Å². The lowest BCUT2D eigenvalue weighted by Crippen LogP contribution is -2.42. The van der Waals surface area contributed by atoms with Gasteiger partial charge in [-0.05, 0) is 51.9 Å². The van der Waals surface area contributed by atoms with Gasteiger partial charge in [0.05, 0.1) is 0 Å². The molecule has 1 saturated carbocycles. The van der Waals surface area contributed by atoms with Crippen molar-refractivity contribution in [2.75, 3.05) is 11.9 Å². The number of halogens is 1. The summed E-state index contributed by atoms with van der Waals surface area (Å²) in [5, 5.41) is 0.977. The fraction of sp³-hybridized carbons (Fsp3) is 0.929. The smallest absolute Gasteiger partial charge is 0.225 e. The quantitative estimate of drug-likeness (QED) is 0.707. The molecule has 0 bridgehead atoms. The molecule has 100 valence electrons. The van der Waals surface area contributed by atoms with Gasteiger partial charge in [0.2, 0.25) is 5.91 Å². The monoisotopic (exact) mass is 303 g/mol. The lowest BCUT2D eigenvalue weighted by molar-refractivity contribution is -0.138. The van der Waals surface area contributed by atoms with Crippen LogP contribution in [-0.2, 0) is 4.79 Å². The van der Waals surface area contributed by atoms with Crippen molar-refractivity contribution in [1.29, 1.82) is 0 Å². The Hall–Kier alpha value is -0.0500. The minimum absolute atomic E-state index is 0.295. The third-order valence-corrected chi connectivity index (χ3v) is 4.36. The molecule has 0 unspecified atom stereocenters. The van der Waals surface area contributed by atoms with Crippen LogP contribution in [0.2, 0.25) is 0 Å². The Labute approximate surface area is 114 Å². The molecule has 1 aliphatic rings. The summed E-state index contributed by atoms with van der Waals surface area (Å²) in [7, 11) is 0. The second-order valence-corrected chi connectivity index (χ2v) is 6.42. The highest BCUT2D eigenvalue weighted by Gasteiger charge is 2.28. The Morgan fingerprint density at radius 2 is 1.88 bits per heavy atom. The van der Waals surface area contributed by atoms with E-state index < -0.39 is 0 Å². The van der Waals surface area contributed by atoms with Gasteiger partial charge in [0, 0.05) is 23.8 Å². The van der Waals surface area contributed by atoms with Crippen LogP contribution in [0, 0.1) is 11.8 Å². The normalized spacial score (nSPS) is 25.0. The van der Waals surface area contributed by atoms with Crippen LogP contribution < -0.4 is 0 Å². The van der Waals surface area contributed by atoms with Gasteiger partial charge in [-0.2, -0.15) is 0 Å². The van der Waals surface area contributed by atoms with Crippen molar-refractivity contribution in [3.63, 3.8) is 0 Å². The zero-order valence-corrected chi connectivity index (χ0v) is 13.0. The summed E-state index contributed by atoms with van der Waals surface area (Å²) < 4.78 is 0. The van der Waals surface area contributed by atoms with Gasteiger partial charge in [0.1, 0.15) is 0 Å². The Balaban J connectivity index is 2.52. The topological polar surface area (TPSA) is 20.3 Å². The predicted octanol–water partition coefficient (Wildman–Crippen LogP) is 3.83. The molecule has 0 aliphatic heterocycles. The third kappa shape index (κ3) is 4.61. The maximum Gasteiger partial charge on any atom is 0.225 e. The molecule has 17 heavy (non-hydrogen) atoms. The van der Waals surface area contributed by atoms with Crippen LogP contribution in [-0.4, -0.2) is 28.7 Å². The van der Waals surface area contributed by atoms with Crippen LogP contribution >= 0.6 is 15.9 Å². The molecule has 1 fully saturated rings. The van der Waals surface area contributed by atoms with Gasteiger partial charge < -0.3 is 4.90 Å². The number of nitrogens with zero attached hydrogens (tertiary/aromatic N) is 1.